The van der Waals surface area contributed by atoms with Crippen molar-refractivity contribution in [3.8, 4) is 17.3 Å². The van der Waals surface area contributed by atoms with Gasteiger partial charge in [-0.05, 0) is 43.5 Å². The molecule has 0 radical (unpaired) electrons. The van der Waals surface area contributed by atoms with Gasteiger partial charge in [-0.15, -0.1) is 11.8 Å². The average Bonchev–Trinajstić information content (AvgIpc) is 3.22. The summed E-state index contributed by atoms with van der Waals surface area (Å²) >= 11 is 1.28. The largest absolute Gasteiger partial charge is 0.481 e. The van der Waals surface area contributed by atoms with Crippen LogP contribution in [0.4, 0.5) is 10.5 Å². The summed E-state index contributed by atoms with van der Waals surface area (Å²) < 4.78 is 15.0. The number of hydrogen-bond donors (Lipinski definition) is 0. The summed E-state index contributed by atoms with van der Waals surface area (Å²) in [5, 5.41) is 4.32. The molecule has 9 nitrogen and oxygen atoms in total. The number of benzene rings is 1. The topological polar surface area (TPSA) is 112 Å². The molecule has 0 aliphatic rings. The molecule has 2 aromatic heterocycles. The maximum Gasteiger partial charge on any atom is 0.434 e. The molecule has 31 heavy (non-hydrogen) atoms. The lowest BCUT2D eigenvalue weighted by molar-refractivity contribution is 0.183. The Morgan fingerprint density at radius 3 is 2.42 bits per heavy atom. The van der Waals surface area contributed by atoms with Gasteiger partial charge in [-0.3, -0.25) is 0 Å². The predicted molar refractivity (Wildman–Crippen MR) is 120 cm³/mol. The van der Waals surface area contributed by atoms with E-state index >= 15 is 0 Å². The Hall–Kier alpha value is -3.53. The van der Waals surface area contributed by atoms with E-state index in [4.69, 9.17) is 19.0 Å². The van der Waals surface area contributed by atoms with Gasteiger partial charge in [0.2, 0.25) is 17.6 Å². The summed E-state index contributed by atoms with van der Waals surface area (Å²) in [6.07, 6.45) is 1.10. The summed E-state index contributed by atoms with van der Waals surface area (Å²) in [5.41, 5.74) is 3.39. The number of amides is 1. The minimum Gasteiger partial charge on any atom is -0.481 e. The number of carbonyl (C=O) groups excluding carboxylic acids is 1. The molecule has 0 atom stereocenters. The zero-order valence-corrected chi connectivity index (χ0v) is 18.6. The Morgan fingerprint density at radius 1 is 1.10 bits per heavy atom. The van der Waals surface area contributed by atoms with Crippen LogP contribution >= 0.6 is 11.8 Å². The van der Waals surface area contributed by atoms with Gasteiger partial charge in [0.1, 0.15) is 10.8 Å². The second kappa shape index (κ2) is 9.98. The van der Waals surface area contributed by atoms with Crippen molar-refractivity contribution in [3.63, 3.8) is 0 Å². The number of aliphatic imine (C=N–C) groups is 2. The highest BCUT2D eigenvalue weighted by Crippen LogP contribution is 2.24. The molecular formula is C21H21N5O4S. The number of carbonyl (C=O) groups is 1. The first-order valence-corrected chi connectivity index (χ1v) is 10.4. The van der Waals surface area contributed by atoms with Gasteiger partial charge in [0.05, 0.1) is 19.9 Å². The molecule has 0 saturated carbocycles. The molecule has 10 heteroatoms. The molecule has 1 aromatic carbocycles. The maximum atomic E-state index is 11.8. The Kier molecular flexibility index (Phi) is 7.14. The van der Waals surface area contributed by atoms with Crippen LogP contribution < -0.4 is 4.74 Å². The van der Waals surface area contributed by atoms with Crippen molar-refractivity contribution < 1.29 is 18.8 Å². The maximum absolute atomic E-state index is 11.8. The molecule has 0 aliphatic carbocycles. The zero-order chi connectivity index (χ0) is 22.4. The van der Waals surface area contributed by atoms with Crippen LogP contribution in [-0.4, -0.2) is 52.4 Å². The number of methoxy groups -OCH3 is 2. The van der Waals surface area contributed by atoms with Crippen LogP contribution in [0.25, 0.3) is 11.4 Å². The van der Waals surface area contributed by atoms with Crippen molar-refractivity contribution in [2.75, 3.05) is 20.5 Å². The Balaban J connectivity index is 2.09. The van der Waals surface area contributed by atoms with Crippen molar-refractivity contribution in [2.24, 2.45) is 9.98 Å². The van der Waals surface area contributed by atoms with Gasteiger partial charge in [-0.25, -0.2) is 14.8 Å². The molecule has 0 saturated heterocycles. The SMILES string of the molecule is COC(=O)/N=C(\SC)C(=Nc1ccc(-c2noc(C)n2)cc1)c1cc(C)nc(OC)c1. The molecule has 0 spiro atoms. The lowest BCUT2D eigenvalue weighted by atomic mass is 10.1. The zero-order valence-electron chi connectivity index (χ0n) is 17.7. The van der Waals surface area contributed by atoms with Crippen LogP contribution in [0.5, 0.6) is 5.88 Å². The summed E-state index contributed by atoms with van der Waals surface area (Å²) in [4.78, 5) is 29.1. The van der Waals surface area contributed by atoms with Gasteiger partial charge in [-0.1, -0.05) is 5.16 Å². The van der Waals surface area contributed by atoms with E-state index in [2.05, 4.69) is 20.1 Å². The summed E-state index contributed by atoms with van der Waals surface area (Å²) in [5.74, 6) is 1.42. The third-order valence-corrected chi connectivity index (χ3v) is 4.74. The molecule has 0 bridgehead atoms. The number of nitrogens with zero attached hydrogens (tertiary/aromatic N) is 5. The molecule has 3 rings (SSSR count). The van der Waals surface area contributed by atoms with Gasteiger partial charge in [-0.2, -0.15) is 9.98 Å². The van der Waals surface area contributed by atoms with Gasteiger partial charge in [0, 0.05) is 29.8 Å². The fraction of sp³-hybridized carbons (Fsp3) is 0.238. The number of aryl methyl sites for hydroxylation is 2. The van der Waals surface area contributed by atoms with E-state index < -0.39 is 6.09 Å². The van der Waals surface area contributed by atoms with E-state index in [1.54, 1.807) is 20.1 Å². The Morgan fingerprint density at radius 2 is 1.84 bits per heavy atom. The van der Waals surface area contributed by atoms with Crippen molar-refractivity contribution in [3.05, 3.63) is 53.5 Å². The first-order valence-electron chi connectivity index (χ1n) is 9.17. The highest BCUT2D eigenvalue weighted by atomic mass is 32.2. The molecule has 2 heterocycles. The van der Waals surface area contributed by atoms with Gasteiger partial charge >= 0.3 is 6.09 Å². The van der Waals surface area contributed by atoms with Gasteiger partial charge in [0.15, 0.2) is 0 Å². The Bertz CT molecular complexity index is 1140. The smallest absolute Gasteiger partial charge is 0.434 e. The summed E-state index contributed by atoms with van der Waals surface area (Å²) in [6.45, 7) is 3.58. The van der Waals surface area contributed by atoms with Gasteiger partial charge in [0.25, 0.3) is 0 Å². The van der Waals surface area contributed by atoms with E-state index in [9.17, 15) is 4.79 Å². The first kappa shape index (κ1) is 22.2. The monoisotopic (exact) mass is 439 g/mol. The fourth-order valence-corrected chi connectivity index (χ4v) is 3.19. The van der Waals surface area contributed by atoms with Crippen molar-refractivity contribution in [2.45, 2.75) is 13.8 Å². The number of ether oxygens (including phenoxy) is 2. The minimum atomic E-state index is -0.711. The second-order valence-corrected chi connectivity index (χ2v) is 7.07. The van der Waals surface area contributed by atoms with E-state index in [1.807, 2.05) is 43.5 Å². The van der Waals surface area contributed by atoms with Crippen molar-refractivity contribution in [1.29, 1.82) is 0 Å². The molecule has 0 aliphatic heterocycles. The van der Waals surface area contributed by atoms with Gasteiger partial charge < -0.3 is 14.0 Å². The van der Waals surface area contributed by atoms with E-state index in [-0.39, 0.29) is 0 Å². The lowest BCUT2D eigenvalue weighted by Crippen LogP contribution is -2.15. The first-order chi connectivity index (χ1) is 14.9. The average molecular weight is 439 g/mol. The molecule has 1 amide bonds. The third-order valence-electron chi connectivity index (χ3n) is 4.07. The van der Waals surface area contributed by atoms with Crippen LogP contribution in [0.3, 0.4) is 0 Å². The van der Waals surface area contributed by atoms with Crippen molar-refractivity contribution >= 4 is 34.3 Å². The van der Waals surface area contributed by atoms with Crippen LogP contribution in [0.15, 0.2) is 50.9 Å². The van der Waals surface area contributed by atoms with Crippen LogP contribution in [-0.2, 0) is 4.74 Å². The number of hydrogen-bond acceptors (Lipinski definition) is 9. The fourth-order valence-electron chi connectivity index (χ4n) is 2.67. The van der Waals surface area contributed by atoms with E-state index in [0.29, 0.717) is 39.6 Å². The predicted octanol–water partition coefficient (Wildman–Crippen LogP) is 4.41. The minimum absolute atomic E-state index is 0.400. The second-order valence-electron chi connectivity index (χ2n) is 6.27. The normalized spacial score (nSPS) is 12.0. The number of aromatic nitrogens is 3. The number of pyridine rings is 1. The summed E-state index contributed by atoms with van der Waals surface area (Å²) in [7, 11) is 2.82. The lowest BCUT2D eigenvalue weighted by Gasteiger charge is -2.11. The molecule has 0 unspecified atom stereocenters. The molecular weight excluding hydrogens is 418 g/mol. The van der Waals surface area contributed by atoms with E-state index in [0.717, 1.165) is 11.3 Å². The van der Waals surface area contributed by atoms with Crippen LogP contribution in [0.1, 0.15) is 17.1 Å². The summed E-state index contributed by atoms with van der Waals surface area (Å²) in [6, 6.07) is 10.9. The molecule has 3 aromatic rings. The standard InChI is InChI=1S/C21H21N5O4S/c1-12-10-15(11-17(22-12)28-3)18(20(31-5)25-21(27)29-4)24-16-8-6-14(7-9-16)19-23-13(2)30-26-19/h6-11H,1-5H3/b24-18?,25-20-. The third kappa shape index (κ3) is 5.54. The number of thioether (sulfide) groups is 1. The quantitative estimate of drug-likeness (QED) is 0.424. The van der Waals surface area contributed by atoms with E-state index in [1.165, 1.54) is 18.9 Å². The molecule has 160 valence electrons. The van der Waals surface area contributed by atoms with Crippen molar-refractivity contribution in [1.82, 2.24) is 15.1 Å². The Labute approximate surface area is 183 Å². The number of rotatable bonds is 5. The highest BCUT2D eigenvalue weighted by Gasteiger charge is 2.16. The molecule has 0 fully saturated rings. The molecule has 0 N–H and O–H groups in total. The highest BCUT2D eigenvalue weighted by molar-refractivity contribution is 8.15. The van der Waals surface area contributed by atoms with Crippen LogP contribution in [0.2, 0.25) is 0 Å². The van der Waals surface area contributed by atoms with Crippen LogP contribution in [0, 0.1) is 13.8 Å².